The van der Waals surface area contributed by atoms with Crippen molar-refractivity contribution in [2.45, 2.75) is 13.0 Å². The number of anilines is 2. The molecule has 1 N–H and O–H groups in total. The number of carbonyl (C=O) groups is 2. The van der Waals surface area contributed by atoms with Crippen molar-refractivity contribution in [3.63, 3.8) is 0 Å². The van der Waals surface area contributed by atoms with Crippen LogP contribution in [0.1, 0.15) is 22.7 Å². The van der Waals surface area contributed by atoms with Crippen LogP contribution in [0.15, 0.2) is 66.2 Å². The number of rotatable bonds is 5. The molecule has 8 heteroatoms. The first-order valence-electron chi connectivity index (χ1n) is 10.8. The van der Waals surface area contributed by atoms with Gasteiger partial charge >= 0.3 is 0 Å². The summed E-state index contributed by atoms with van der Waals surface area (Å²) in [7, 11) is 5.26. The standard InChI is InChI=1S/C27H24F2N2O4/c1-15-13-17(7-12-22(15)35-4)25(32)23-24(16-5-8-18(9-6-16)30(2)3)31(27(34)26(23)33)19-10-11-20(28)21(29)14-19/h5-14,24,32H,1-4H3/b25-23+. The number of halogens is 2. The third-order valence-electron chi connectivity index (χ3n) is 6.02. The summed E-state index contributed by atoms with van der Waals surface area (Å²) < 4.78 is 33.0. The molecule has 1 aliphatic rings. The number of ether oxygens (including phenoxy) is 1. The highest BCUT2D eigenvalue weighted by molar-refractivity contribution is 6.51. The van der Waals surface area contributed by atoms with Crippen molar-refractivity contribution in [1.82, 2.24) is 0 Å². The third-order valence-corrected chi connectivity index (χ3v) is 6.02. The summed E-state index contributed by atoms with van der Waals surface area (Å²) >= 11 is 0. The zero-order valence-electron chi connectivity index (χ0n) is 19.7. The van der Waals surface area contributed by atoms with Gasteiger partial charge in [0.25, 0.3) is 11.7 Å². The van der Waals surface area contributed by atoms with E-state index in [9.17, 15) is 23.5 Å². The number of aliphatic hydroxyl groups excluding tert-OH is 1. The highest BCUT2D eigenvalue weighted by atomic mass is 19.2. The van der Waals surface area contributed by atoms with E-state index >= 15 is 0 Å². The van der Waals surface area contributed by atoms with E-state index in [-0.39, 0.29) is 17.0 Å². The van der Waals surface area contributed by atoms with Crippen molar-refractivity contribution >= 4 is 28.8 Å². The van der Waals surface area contributed by atoms with Crippen molar-refractivity contribution in [1.29, 1.82) is 0 Å². The van der Waals surface area contributed by atoms with Crippen LogP contribution < -0.4 is 14.5 Å². The Hall–Kier alpha value is -4.20. The highest BCUT2D eigenvalue weighted by Crippen LogP contribution is 2.43. The molecular formula is C27H24F2N2O4. The molecule has 4 rings (SSSR count). The monoisotopic (exact) mass is 478 g/mol. The number of nitrogens with zero attached hydrogens (tertiary/aromatic N) is 2. The summed E-state index contributed by atoms with van der Waals surface area (Å²) in [5.41, 5.74) is 2.29. The minimum absolute atomic E-state index is 0.00218. The molecule has 1 unspecified atom stereocenters. The Morgan fingerprint density at radius 2 is 1.66 bits per heavy atom. The molecule has 0 saturated carbocycles. The number of amides is 1. The summed E-state index contributed by atoms with van der Waals surface area (Å²) in [6.45, 7) is 1.78. The van der Waals surface area contributed by atoms with Crippen LogP contribution in [0.2, 0.25) is 0 Å². The van der Waals surface area contributed by atoms with Crippen LogP contribution in [-0.4, -0.2) is 38.0 Å². The molecule has 1 aliphatic heterocycles. The van der Waals surface area contributed by atoms with Crippen molar-refractivity contribution in [2.24, 2.45) is 0 Å². The summed E-state index contributed by atoms with van der Waals surface area (Å²) in [6.07, 6.45) is 0. The Morgan fingerprint density at radius 3 is 2.23 bits per heavy atom. The predicted molar refractivity (Wildman–Crippen MR) is 130 cm³/mol. The van der Waals surface area contributed by atoms with Crippen molar-refractivity contribution < 1.29 is 28.2 Å². The van der Waals surface area contributed by atoms with Gasteiger partial charge in [-0.05, 0) is 60.5 Å². The first-order valence-corrected chi connectivity index (χ1v) is 10.8. The summed E-state index contributed by atoms with van der Waals surface area (Å²) in [5, 5.41) is 11.2. The first-order chi connectivity index (χ1) is 16.6. The zero-order valence-corrected chi connectivity index (χ0v) is 19.7. The zero-order chi connectivity index (χ0) is 25.4. The van der Waals surface area contributed by atoms with Gasteiger partial charge in [-0.25, -0.2) is 8.78 Å². The van der Waals surface area contributed by atoms with E-state index in [0.717, 1.165) is 28.3 Å². The lowest BCUT2D eigenvalue weighted by Crippen LogP contribution is -2.29. The fraction of sp³-hybridized carbons (Fsp3) is 0.185. The lowest BCUT2D eigenvalue weighted by molar-refractivity contribution is -0.132. The maximum Gasteiger partial charge on any atom is 0.300 e. The first kappa shape index (κ1) is 23.9. The Bertz CT molecular complexity index is 1350. The highest BCUT2D eigenvalue weighted by Gasteiger charge is 2.47. The second kappa shape index (κ2) is 9.21. The number of benzene rings is 3. The summed E-state index contributed by atoms with van der Waals surface area (Å²) in [4.78, 5) is 29.3. The second-order valence-electron chi connectivity index (χ2n) is 8.44. The molecule has 0 radical (unpaired) electrons. The molecule has 1 saturated heterocycles. The summed E-state index contributed by atoms with van der Waals surface area (Å²) in [6, 6.07) is 13.9. The fourth-order valence-corrected chi connectivity index (χ4v) is 4.19. The molecule has 0 aromatic heterocycles. The van der Waals surface area contributed by atoms with Crippen LogP contribution in [0.25, 0.3) is 5.76 Å². The van der Waals surface area contributed by atoms with Crippen LogP contribution in [-0.2, 0) is 9.59 Å². The number of aliphatic hydroxyl groups is 1. The average molecular weight is 478 g/mol. The van der Waals surface area contributed by atoms with Crippen LogP contribution >= 0.6 is 0 Å². The molecule has 3 aromatic rings. The van der Waals surface area contributed by atoms with Crippen molar-refractivity contribution in [3.8, 4) is 5.75 Å². The van der Waals surface area contributed by atoms with E-state index in [2.05, 4.69) is 0 Å². The quantitative estimate of drug-likeness (QED) is 0.318. The number of aryl methyl sites for hydroxylation is 1. The van der Waals surface area contributed by atoms with Gasteiger partial charge in [0.15, 0.2) is 11.6 Å². The van der Waals surface area contributed by atoms with Gasteiger partial charge in [0.1, 0.15) is 11.5 Å². The Morgan fingerprint density at radius 1 is 0.971 bits per heavy atom. The summed E-state index contributed by atoms with van der Waals surface area (Å²) in [5.74, 6) is -3.89. The number of Topliss-reactive ketones (excluding diaryl/α,β-unsaturated/α-hetero) is 1. The van der Waals surface area contributed by atoms with Crippen LogP contribution in [0.5, 0.6) is 5.75 Å². The van der Waals surface area contributed by atoms with Gasteiger partial charge in [-0.3, -0.25) is 14.5 Å². The SMILES string of the molecule is COc1ccc(/C(O)=C2\C(=O)C(=O)N(c3ccc(F)c(F)c3)C2c2ccc(N(C)C)cc2)cc1C. The third kappa shape index (κ3) is 4.23. The van der Waals surface area contributed by atoms with Crippen molar-refractivity contribution in [3.05, 3.63) is 94.6 Å². The Labute approximate surface area is 201 Å². The molecule has 1 amide bonds. The maximum atomic E-state index is 14.1. The van der Waals surface area contributed by atoms with E-state index in [1.165, 1.54) is 13.2 Å². The van der Waals surface area contributed by atoms with Gasteiger partial charge < -0.3 is 14.7 Å². The van der Waals surface area contributed by atoms with E-state index in [4.69, 9.17) is 4.74 Å². The minimum atomic E-state index is -1.16. The number of hydrogen-bond acceptors (Lipinski definition) is 5. The molecule has 0 aliphatic carbocycles. The van der Waals surface area contributed by atoms with Gasteiger partial charge in [-0.15, -0.1) is 0 Å². The van der Waals surface area contributed by atoms with Gasteiger partial charge in [-0.2, -0.15) is 0 Å². The van der Waals surface area contributed by atoms with Crippen LogP contribution in [0.3, 0.4) is 0 Å². The molecule has 0 spiro atoms. The Balaban J connectivity index is 1.93. The molecular weight excluding hydrogens is 454 g/mol. The van der Waals surface area contributed by atoms with E-state index < -0.39 is 29.4 Å². The smallest absolute Gasteiger partial charge is 0.300 e. The largest absolute Gasteiger partial charge is 0.507 e. The number of carbonyl (C=O) groups excluding carboxylic acids is 2. The van der Waals surface area contributed by atoms with E-state index in [1.54, 1.807) is 49.4 Å². The number of methoxy groups -OCH3 is 1. The molecule has 3 aromatic carbocycles. The van der Waals surface area contributed by atoms with Gasteiger partial charge in [0.2, 0.25) is 0 Å². The molecule has 6 nitrogen and oxygen atoms in total. The van der Waals surface area contributed by atoms with Crippen LogP contribution in [0.4, 0.5) is 20.2 Å². The fourth-order valence-electron chi connectivity index (χ4n) is 4.19. The predicted octanol–water partition coefficient (Wildman–Crippen LogP) is 4.97. The molecule has 180 valence electrons. The van der Waals surface area contributed by atoms with Gasteiger partial charge in [0.05, 0.1) is 18.7 Å². The van der Waals surface area contributed by atoms with E-state index in [0.29, 0.717) is 16.9 Å². The molecule has 0 bridgehead atoms. The van der Waals surface area contributed by atoms with Crippen LogP contribution in [0, 0.1) is 18.6 Å². The average Bonchev–Trinajstić information content (AvgIpc) is 3.10. The van der Waals surface area contributed by atoms with Crippen molar-refractivity contribution in [2.75, 3.05) is 31.0 Å². The number of hydrogen-bond donors (Lipinski definition) is 1. The normalized spacial score (nSPS) is 17.1. The lowest BCUT2D eigenvalue weighted by Gasteiger charge is -2.26. The molecule has 1 heterocycles. The topological polar surface area (TPSA) is 70.1 Å². The second-order valence-corrected chi connectivity index (χ2v) is 8.44. The Kier molecular flexibility index (Phi) is 6.30. The lowest BCUT2D eigenvalue weighted by atomic mass is 9.94. The van der Waals surface area contributed by atoms with E-state index in [1.807, 2.05) is 19.0 Å². The van der Waals surface area contributed by atoms with Gasteiger partial charge in [0, 0.05) is 37.1 Å². The molecule has 35 heavy (non-hydrogen) atoms. The maximum absolute atomic E-state index is 14.1. The minimum Gasteiger partial charge on any atom is -0.507 e. The van der Waals surface area contributed by atoms with Gasteiger partial charge in [-0.1, -0.05) is 12.1 Å². The number of ketones is 1. The molecule has 1 atom stereocenters. The molecule has 1 fully saturated rings.